The van der Waals surface area contributed by atoms with Gasteiger partial charge in [0.05, 0.1) is 18.6 Å². The predicted molar refractivity (Wildman–Crippen MR) is 83.6 cm³/mol. The fourth-order valence-electron chi connectivity index (χ4n) is 3.02. The highest BCUT2D eigenvalue weighted by atomic mass is 32.2. The summed E-state index contributed by atoms with van der Waals surface area (Å²) in [4.78, 5) is 23.0. The number of nitrogens with one attached hydrogen (secondary N) is 4. The van der Waals surface area contributed by atoms with Crippen molar-refractivity contribution in [1.82, 2.24) is 21.4 Å². The van der Waals surface area contributed by atoms with E-state index in [1.807, 2.05) is 11.8 Å². The van der Waals surface area contributed by atoms with Crippen LogP contribution in [-0.4, -0.2) is 54.2 Å². The lowest BCUT2D eigenvalue weighted by molar-refractivity contribution is -0.121. The van der Waals surface area contributed by atoms with Crippen LogP contribution in [0.1, 0.15) is 25.7 Å². The van der Waals surface area contributed by atoms with Crippen molar-refractivity contribution >= 4 is 23.7 Å². The van der Waals surface area contributed by atoms with Gasteiger partial charge in [0.25, 0.3) is 0 Å². The second-order valence-electron chi connectivity index (χ2n) is 5.90. The molecule has 122 valence electrons. The molecule has 3 heterocycles. The van der Waals surface area contributed by atoms with Crippen LogP contribution >= 0.6 is 11.8 Å². The maximum atomic E-state index is 11.7. The van der Waals surface area contributed by atoms with Crippen LogP contribution in [0.2, 0.25) is 0 Å². The highest BCUT2D eigenvalue weighted by molar-refractivity contribution is 8.00. The average molecular weight is 326 g/mol. The van der Waals surface area contributed by atoms with Crippen molar-refractivity contribution in [2.45, 2.75) is 49.1 Å². The molecule has 0 spiro atoms. The molecule has 3 aliphatic rings. The monoisotopic (exact) mass is 326 g/mol. The first-order chi connectivity index (χ1) is 10.7. The molecule has 4 N–H and O–H groups in total. The average Bonchev–Trinajstić information content (AvgIpc) is 3.19. The van der Waals surface area contributed by atoms with Gasteiger partial charge in [0, 0.05) is 24.0 Å². The minimum Gasteiger partial charge on any atom is -0.354 e. The van der Waals surface area contributed by atoms with Gasteiger partial charge in [-0.15, -0.1) is 0 Å². The highest BCUT2D eigenvalue weighted by Crippen LogP contribution is 2.33. The molecule has 2 saturated heterocycles. The van der Waals surface area contributed by atoms with Gasteiger partial charge < -0.3 is 16.0 Å². The van der Waals surface area contributed by atoms with Gasteiger partial charge in [-0.3, -0.25) is 10.2 Å². The molecule has 9 heteroatoms. The third-order valence-electron chi connectivity index (χ3n) is 4.23. The minimum absolute atomic E-state index is 0.0433. The largest absolute Gasteiger partial charge is 0.354 e. The van der Waals surface area contributed by atoms with E-state index in [-0.39, 0.29) is 30.1 Å². The van der Waals surface area contributed by atoms with E-state index in [0.29, 0.717) is 24.8 Å². The maximum absolute atomic E-state index is 11.7. The van der Waals surface area contributed by atoms with Gasteiger partial charge in [-0.1, -0.05) is 11.6 Å². The van der Waals surface area contributed by atoms with E-state index in [2.05, 4.69) is 31.7 Å². The van der Waals surface area contributed by atoms with Crippen LogP contribution in [0.5, 0.6) is 0 Å². The molecule has 0 radical (unpaired) electrons. The summed E-state index contributed by atoms with van der Waals surface area (Å²) in [6.45, 7) is 1.25. The molecule has 3 rings (SSSR count). The number of carbonyl (C=O) groups excluding carboxylic acids is 2. The normalized spacial score (nSPS) is 32.3. The summed E-state index contributed by atoms with van der Waals surface area (Å²) < 4.78 is 0. The topological polar surface area (TPSA) is 107 Å². The van der Waals surface area contributed by atoms with Crippen molar-refractivity contribution in [2.75, 3.05) is 18.8 Å². The standard InChI is InChI=1S/C13H22N6O2S/c20-11(14-5-8-6-15-19-18-8)4-2-1-3-10-12-9(7-22-10)16-13(21)17-12/h8-10,12H,1-7H2,(H,14,20)(H,15,18)(H2,16,17,21). The first kappa shape index (κ1) is 15.4. The van der Waals surface area contributed by atoms with Crippen LogP contribution in [0.3, 0.4) is 0 Å². The van der Waals surface area contributed by atoms with Crippen LogP contribution in [0.15, 0.2) is 10.3 Å². The van der Waals surface area contributed by atoms with Crippen molar-refractivity contribution in [3.63, 3.8) is 0 Å². The quantitative estimate of drug-likeness (QED) is 0.395. The van der Waals surface area contributed by atoms with Gasteiger partial charge in [-0.05, 0) is 12.8 Å². The fraction of sp³-hybridized carbons (Fsp3) is 0.846. The third-order valence-corrected chi connectivity index (χ3v) is 5.74. The zero-order valence-electron chi connectivity index (χ0n) is 12.4. The molecule has 8 nitrogen and oxygen atoms in total. The molecule has 22 heavy (non-hydrogen) atoms. The van der Waals surface area contributed by atoms with Gasteiger partial charge in [0.15, 0.2) is 0 Å². The summed E-state index contributed by atoms with van der Waals surface area (Å²) >= 11 is 1.91. The lowest BCUT2D eigenvalue weighted by Gasteiger charge is -2.16. The van der Waals surface area contributed by atoms with Gasteiger partial charge in [-0.2, -0.15) is 16.9 Å². The molecule has 0 aromatic rings. The second kappa shape index (κ2) is 7.17. The summed E-state index contributed by atoms with van der Waals surface area (Å²) in [6, 6.07) is 0.555. The summed E-state index contributed by atoms with van der Waals surface area (Å²) in [7, 11) is 0. The number of amides is 3. The Bertz CT molecular complexity index is 460. The van der Waals surface area contributed by atoms with Crippen LogP contribution in [0, 0.1) is 0 Å². The summed E-state index contributed by atoms with van der Waals surface area (Å²) in [5.74, 6) is 1.06. The van der Waals surface area contributed by atoms with Gasteiger partial charge in [-0.25, -0.2) is 4.79 Å². The molecule has 0 aromatic heterocycles. The van der Waals surface area contributed by atoms with Gasteiger partial charge in [0.2, 0.25) is 5.91 Å². The Labute approximate surface area is 133 Å². The first-order valence-electron chi connectivity index (χ1n) is 7.80. The SMILES string of the molecule is O=C(CCCCC1SCC2NC(=O)NC21)NCC1CNN=N1. The number of urea groups is 1. The molecular weight excluding hydrogens is 304 g/mol. The van der Waals surface area contributed by atoms with E-state index in [4.69, 9.17) is 0 Å². The zero-order valence-corrected chi connectivity index (χ0v) is 13.2. The van der Waals surface area contributed by atoms with Crippen LogP contribution in [0.4, 0.5) is 4.79 Å². The van der Waals surface area contributed by atoms with Crippen molar-refractivity contribution in [1.29, 1.82) is 0 Å². The first-order valence-corrected chi connectivity index (χ1v) is 8.85. The molecule has 0 aromatic carbocycles. The van der Waals surface area contributed by atoms with Crippen LogP contribution in [0.25, 0.3) is 0 Å². The van der Waals surface area contributed by atoms with Gasteiger partial charge in [0.1, 0.15) is 6.04 Å². The number of nitrogens with zero attached hydrogens (tertiary/aromatic N) is 2. The number of unbranched alkanes of at least 4 members (excludes halogenated alkanes) is 1. The number of carbonyl (C=O) groups is 2. The van der Waals surface area contributed by atoms with Crippen molar-refractivity contribution in [3.05, 3.63) is 0 Å². The molecule has 3 aliphatic heterocycles. The smallest absolute Gasteiger partial charge is 0.315 e. The van der Waals surface area contributed by atoms with Crippen molar-refractivity contribution in [3.8, 4) is 0 Å². The van der Waals surface area contributed by atoms with E-state index in [9.17, 15) is 9.59 Å². The Morgan fingerprint density at radius 2 is 2.27 bits per heavy atom. The Morgan fingerprint density at radius 1 is 1.36 bits per heavy atom. The lowest BCUT2D eigenvalue weighted by Crippen LogP contribution is -2.36. The van der Waals surface area contributed by atoms with Crippen LogP contribution < -0.4 is 21.4 Å². The third kappa shape index (κ3) is 3.82. The molecule has 4 unspecified atom stereocenters. The molecule has 2 fully saturated rings. The molecule has 0 saturated carbocycles. The zero-order chi connectivity index (χ0) is 15.4. The van der Waals surface area contributed by atoms with E-state index in [0.717, 1.165) is 25.0 Å². The van der Waals surface area contributed by atoms with Crippen LogP contribution in [-0.2, 0) is 4.79 Å². The summed E-state index contributed by atoms with van der Waals surface area (Å²) in [5, 5.41) is 16.9. The molecule has 4 atom stereocenters. The van der Waals surface area contributed by atoms with E-state index >= 15 is 0 Å². The summed E-state index contributed by atoms with van der Waals surface area (Å²) in [5.41, 5.74) is 2.77. The summed E-state index contributed by atoms with van der Waals surface area (Å²) in [6.07, 6.45) is 3.48. The van der Waals surface area contributed by atoms with E-state index in [1.165, 1.54) is 0 Å². The molecule has 0 bridgehead atoms. The second-order valence-corrected chi connectivity index (χ2v) is 7.18. The number of hydrogen-bond donors (Lipinski definition) is 4. The Balaban J connectivity index is 1.26. The Hall–Kier alpha value is -1.51. The molecule has 3 amide bonds. The highest BCUT2D eigenvalue weighted by Gasteiger charge is 2.42. The minimum atomic E-state index is -0.0433. The van der Waals surface area contributed by atoms with E-state index < -0.39 is 0 Å². The fourth-order valence-corrected chi connectivity index (χ4v) is 4.56. The number of fused-ring (bicyclic) bond motifs is 1. The molecule has 0 aliphatic carbocycles. The number of hydrogen-bond acceptors (Lipinski definition) is 6. The maximum Gasteiger partial charge on any atom is 0.315 e. The Morgan fingerprint density at radius 3 is 3.09 bits per heavy atom. The van der Waals surface area contributed by atoms with Crippen molar-refractivity contribution < 1.29 is 9.59 Å². The van der Waals surface area contributed by atoms with E-state index in [1.54, 1.807) is 0 Å². The number of rotatable bonds is 7. The lowest BCUT2D eigenvalue weighted by atomic mass is 10.0. The predicted octanol–water partition coefficient (Wildman–Crippen LogP) is 0.167. The molecular formula is C13H22N6O2S. The number of thioether (sulfide) groups is 1. The van der Waals surface area contributed by atoms with Gasteiger partial charge >= 0.3 is 6.03 Å². The van der Waals surface area contributed by atoms with Crippen molar-refractivity contribution in [2.24, 2.45) is 10.3 Å². The Kier molecular flexibility index (Phi) is 5.01.